The molecule has 0 spiro atoms. The molecule has 0 aromatic carbocycles. The Morgan fingerprint density at radius 3 is 3.00 bits per heavy atom. The lowest BCUT2D eigenvalue weighted by molar-refractivity contribution is -0.119. The van der Waals surface area contributed by atoms with Crippen LogP contribution in [0.4, 0.5) is 5.69 Å². The quantitative estimate of drug-likeness (QED) is 0.871. The number of carbonyl (C=O) groups is 1. The molecular formula is C16H23N3O. The van der Waals surface area contributed by atoms with Crippen LogP contribution >= 0.6 is 0 Å². The number of nitrogens with zero attached hydrogens (tertiary/aromatic N) is 1. The van der Waals surface area contributed by atoms with Crippen molar-refractivity contribution in [1.29, 1.82) is 0 Å². The third-order valence-corrected chi connectivity index (χ3v) is 4.73. The number of rotatable bonds is 2. The summed E-state index contributed by atoms with van der Waals surface area (Å²) in [5, 5.41) is 6.57. The summed E-state index contributed by atoms with van der Waals surface area (Å²) in [5.74, 6) is 0.873. The van der Waals surface area contributed by atoms with E-state index in [-0.39, 0.29) is 11.9 Å². The molecule has 4 nitrogen and oxygen atoms in total. The number of hydrogen-bond acceptors (Lipinski definition) is 3. The minimum absolute atomic E-state index is 0.0473. The van der Waals surface area contributed by atoms with E-state index in [9.17, 15) is 4.79 Å². The van der Waals surface area contributed by atoms with E-state index in [4.69, 9.17) is 0 Å². The average Bonchev–Trinajstić information content (AvgIpc) is 2.49. The largest absolute Gasteiger partial charge is 0.323 e. The van der Waals surface area contributed by atoms with Crippen LogP contribution in [0.5, 0.6) is 0 Å². The van der Waals surface area contributed by atoms with Gasteiger partial charge in [-0.05, 0) is 50.7 Å². The highest BCUT2D eigenvalue weighted by molar-refractivity contribution is 5.95. The summed E-state index contributed by atoms with van der Waals surface area (Å²) in [4.78, 5) is 16.6. The maximum Gasteiger partial charge on any atom is 0.241 e. The van der Waals surface area contributed by atoms with Gasteiger partial charge in [0.1, 0.15) is 0 Å². The van der Waals surface area contributed by atoms with E-state index < -0.39 is 0 Å². The average molecular weight is 273 g/mol. The minimum atomic E-state index is -0.0473. The van der Waals surface area contributed by atoms with Gasteiger partial charge in [-0.1, -0.05) is 12.8 Å². The smallest absolute Gasteiger partial charge is 0.241 e. The molecule has 2 aliphatic rings. The predicted molar refractivity (Wildman–Crippen MR) is 79.5 cm³/mol. The van der Waals surface area contributed by atoms with E-state index in [2.05, 4.69) is 15.6 Å². The number of pyridine rings is 1. The molecule has 3 rings (SSSR count). The maximum absolute atomic E-state index is 12.4. The van der Waals surface area contributed by atoms with E-state index in [0.29, 0.717) is 6.04 Å². The molecule has 1 aromatic heterocycles. The van der Waals surface area contributed by atoms with Gasteiger partial charge in [-0.3, -0.25) is 9.78 Å². The zero-order chi connectivity index (χ0) is 13.9. The van der Waals surface area contributed by atoms with Crippen molar-refractivity contribution in [3.63, 3.8) is 0 Å². The summed E-state index contributed by atoms with van der Waals surface area (Å²) in [5.41, 5.74) is 1.69. The second kappa shape index (κ2) is 5.92. The van der Waals surface area contributed by atoms with Crippen LogP contribution in [0.2, 0.25) is 0 Å². The fraction of sp³-hybridized carbons (Fsp3) is 0.625. The summed E-state index contributed by atoms with van der Waals surface area (Å²) in [6.45, 7) is 1.92. The van der Waals surface area contributed by atoms with Crippen LogP contribution in [0.15, 0.2) is 18.3 Å². The van der Waals surface area contributed by atoms with Crippen LogP contribution in [-0.4, -0.2) is 23.0 Å². The molecule has 3 atom stereocenters. The van der Waals surface area contributed by atoms with Crippen molar-refractivity contribution >= 4 is 11.6 Å². The van der Waals surface area contributed by atoms with Gasteiger partial charge in [-0.15, -0.1) is 0 Å². The Kier molecular flexibility index (Phi) is 4.01. The lowest BCUT2D eigenvalue weighted by atomic mass is 9.77. The molecule has 1 amide bonds. The lowest BCUT2D eigenvalue weighted by Crippen LogP contribution is -2.53. The molecule has 20 heavy (non-hydrogen) atoms. The maximum atomic E-state index is 12.4. The van der Waals surface area contributed by atoms with Crippen molar-refractivity contribution < 1.29 is 4.79 Å². The number of fused-ring (bicyclic) bond motifs is 1. The fourth-order valence-corrected chi connectivity index (χ4v) is 3.54. The zero-order valence-electron chi connectivity index (χ0n) is 12.1. The first kappa shape index (κ1) is 13.6. The van der Waals surface area contributed by atoms with Gasteiger partial charge in [0.05, 0.1) is 17.4 Å². The van der Waals surface area contributed by atoms with Crippen molar-refractivity contribution in [1.82, 2.24) is 10.3 Å². The predicted octanol–water partition coefficient (Wildman–Crippen LogP) is 2.64. The van der Waals surface area contributed by atoms with Gasteiger partial charge in [-0.2, -0.15) is 0 Å². The molecule has 2 heterocycles. The number of piperidine rings is 1. The monoisotopic (exact) mass is 273 g/mol. The van der Waals surface area contributed by atoms with Crippen LogP contribution in [0.25, 0.3) is 0 Å². The van der Waals surface area contributed by atoms with E-state index >= 15 is 0 Å². The van der Waals surface area contributed by atoms with Gasteiger partial charge in [0.2, 0.25) is 5.91 Å². The Morgan fingerprint density at radius 1 is 1.30 bits per heavy atom. The summed E-state index contributed by atoms with van der Waals surface area (Å²) < 4.78 is 0. The fourth-order valence-electron chi connectivity index (χ4n) is 3.54. The van der Waals surface area contributed by atoms with Gasteiger partial charge in [0.15, 0.2) is 0 Å². The number of anilines is 1. The van der Waals surface area contributed by atoms with Crippen LogP contribution < -0.4 is 10.6 Å². The molecule has 1 saturated carbocycles. The van der Waals surface area contributed by atoms with Crippen molar-refractivity contribution in [2.45, 2.75) is 57.5 Å². The van der Waals surface area contributed by atoms with Gasteiger partial charge in [-0.25, -0.2) is 0 Å². The van der Waals surface area contributed by atoms with Gasteiger partial charge >= 0.3 is 0 Å². The topological polar surface area (TPSA) is 54.0 Å². The first-order valence-corrected chi connectivity index (χ1v) is 7.72. The second-order valence-electron chi connectivity index (χ2n) is 6.07. The molecule has 1 saturated heterocycles. The van der Waals surface area contributed by atoms with Crippen molar-refractivity contribution in [3.05, 3.63) is 24.0 Å². The molecule has 3 unspecified atom stereocenters. The Bertz CT molecular complexity index is 488. The van der Waals surface area contributed by atoms with E-state index in [0.717, 1.165) is 23.7 Å². The Labute approximate surface area is 120 Å². The number of carbonyl (C=O) groups excluding carboxylic acids is 1. The Morgan fingerprint density at radius 2 is 2.15 bits per heavy atom. The standard InChI is InChI=1S/C16H23N3O/c1-11-13(7-4-10-17-11)19-16(20)15-9-8-12-5-2-3-6-14(12)18-15/h4,7,10,12,14-15,18H,2-3,5-6,8-9H2,1H3,(H,19,20). The second-order valence-corrected chi connectivity index (χ2v) is 6.07. The van der Waals surface area contributed by atoms with Crippen LogP contribution in [-0.2, 0) is 4.79 Å². The highest BCUT2D eigenvalue weighted by atomic mass is 16.2. The van der Waals surface area contributed by atoms with Gasteiger partial charge < -0.3 is 10.6 Å². The summed E-state index contributed by atoms with van der Waals surface area (Å²) in [7, 11) is 0. The van der Waals surface area contributed by atoms with Crippen molar-refractivity contribution in [2.24, 2.45) is 5.92 Å². The van der Waals surface area contributed by atoms with Crippen LogP contribution in [0, 0.1) is 12.8 Å². The number of amides is 1. The number of aryl methyl sites for hydroxylation is 1. The molecule has 2 fully saturated rings. The molecule has 1 aromatic rings. The van der Waals surface area contributed by atoms with E-state index in [1.807, 2.05) is 19.1 Å². The molecule has 1 aliphatic carbocycles. The molecule has 0 radical (unpaired) electrons. The molecule has 2 N–H and O–H groups in total. The number of nitrogens with one attached hydrogen (secondary N) is 2. The summed E-state index contributed by atoms with van der Waals surface area (Å²) >= 11 is 0. The molecule has 1 aliphatic heterocycles. The summed E-state index contributed by atoms with van der Waals surface area (Å²) in [6, 6.07) is 4.26. The first-order chi connectivity index (χ1) is 9.74. The number of aromatic nitrogens is 1. The molecular weight excluding hydrogens is 250 g/mol. The van der Waals surface area contributed by atoms with Crippen LogP contribution in [0.1, 0.15) is 44.2 Å². The van der Waals surface area contributed by atoms with Gasteiger partial charge in [0, 0.05) is 12.2 Å². The third-order valence-electron chi connectivity index (χ3n) is 4.73. The van der Waals surface area contributed by atoms with E-state index in [1.54, 1.807) is 6.20 Å². The van der Waals surface area contributed by atoms with Crippen LogP contribution in [0.3, 0.4) is 0 Å². The minimum Gasteiger partial charge on any atom is -0.323 e. The Balaban J connectivity index is 1.62. The van der Waals surface area contributed by atoms with Gasteiger partial charge in [0.25, 0.3) is 0 Å². The molecule has 0 bridgehead atoms. The van der Waals surface area contributed by atoms with Crippen molar-refractivity contribution in [3.8, 4) is 0 Å². The van der Waals surface area contributed by atoms with Crippen molar-refractivity contribution in [2.75, 3.05) is 5.32 Å². The molecule has 4 heteroatoms. The summed E-state index contributed by atoms with van der Waals surface area (Å²) in [6.07, 6.45) is 9.08. The first-order valence-electron chi connectivity index (χ1n) is 7.72. The normalized spacial score (nSPS) is 29.6. The highest BCUT2D eigenvalue weighted by Crippen LogP contribution is 2.32. The lowest BCUT2D eigenvalue weighted by Gasteiger charge is -2.39. The number of hydrogen-bond donors (Lipinski definition) is 2. The zero-order valence-corrected chi connectivity index (χ0v) is 12.1. The molecule has 108 valence electrons. The Hall–Kier alpha value is -1.42. The SMILES string of the molecule is Cc1ncccc1NC(=O)C1CCC2CCCCC2N1. The van der Waals surface area contributed by atoms with E-state index in [1.165, 1.54) is 32.1 Å². The highest BCUT2D eigenvalue weighted by Gasteiger charge is 2.34. The third kappa shape index (κ3) is 2.85.